The number of amides is 2. The normalized spacial score (nSPS) is 19.6. The van der Waals surface area contributed by atoms with Crippen LogP contribution < -0.4 is 15.5 Å². The van der Waals surface area contributed by atoms with Crippen LogP contribution in [0.2, 0.25) is 0 Å². The van der Waals surface area contributed by atoms with Gasteiger partial charge in [-0.05, 0) is 62.6 Å². The molecule has 1 heterocycles. The minimum absolute atomic E-state index is 0.111. The molecule has 2 amide bonds. The highest BCUT2D eigenvalue weighted by Gasteiger charge is 2.32. The summed E-state index contributed by atoms with van der Waals surface area (Å²) in [6.07, 6.45) is 1.96. The minimum Gasteiger partial charge on any atom is -0.373 e. The monoisotopic (exact) mass is 407 g/mol. The molecule has 1 aliphatic carbocycles. The number of imidazole rings is 1. The SMILES string of the molecule is CCNC(=O)NC1CCC(C(O)N(C)c2ccc(-c3nc4ccccc4[nH]3)cc2)C1. The second kappa shape index (κ2) is 8.75. The average molecular weight is 408 g/mol. The molecular weight excluding hydrogens is 378 g/mol. The number of H-pyrrole nitrogens is 1. The van der Waals surface area contributed by atoms with Crippen molar-refractivity contribution in [2.75, 3.05) is 18.5 Å². The zero-order chi connectivity index (χ0) is 21.1. The van der Waals surface area contributed by atoms with Crippen molar-refractivity contribution in [2.24, 2.45) is 5.92 Å². The van der Waals surface area contributed by atoms with Crippen LogP contribution >= 0.6 is 0 Å². The highest BCUT2D eigenvalue weighted by atomic mass is 16.3. The predicted molar refractivity (Wildman–Crippen MR) is 119 cm³/mol. The Morgan fingerprint density at radius 1 is 1.23 bits per heavy atom. The van der Waals surface area contributed by atoms with Crippen LogP contribution in [0.4, 0.5) is 10.5 Å². The van der Waals surface area contributed by atoms with Crippen LogP contribution in [0.5, 0.6) is 0 Å². The number of nitrogens with zero attached hydrogens (tertiary/aromatic N) is 2. The number of para-hydroxylation sites is 2. The van der Waals surface area contributed by atoms with E-state index in [2.05, 4.69) is 20.6 Å². The Kier molecular flexibility index (Phi) is 5.90. The molecule has 0 bridgehead atoms. The molecule has 3 atom stereocenters. The number of aliphatic hydroxyl groups is 1. The summed E-state index contributed by atoms with van der Waals surface area (Å²) in [6.45, 7) is 2.51. The third kappa shape index (κ3) is 4.26. The number of carbonyl (C=O) groups excluding carboxylic acids is 1. The van der Waals surface area contributed by atoms with Gasteiger partial charge in [-0.3, -0.25) is 0 Å². The van der Waals surface area contributed by atoms with E-state index >= 15 is 0 Å². The number of aromatic amines is 1. The molecule has 7 heteroatoms. The van der Waals surface area contributed by atoms with Crippen molar-refractivity contribution in [1.82, 2.24) is 20.6 Å². The number of aromatic nitrogens is 2. The lowest BCUT2D eigenvalue weighted by Gasteiger charge is -2.30. The van der Waals surface area contributed by atoms with Gasteiger partial charge in [0.1, 0.15) is 12.1 Å². The van der Waals surface area contributed by atoms with Gasteiger partial charge in [0.05, 0.1) is 11.0 Å². The molecule has 158 valence electrons. The highest BCUT2D eigenvalue weighted by molar-refractivity contribution is 5.79. The summed E-state index contributed by atoms with van der Waals surface area (Å²) in [6, 6.07) is 16.0. The molecule has 0 spiro atoms. The fraction of sp³-hybridized carbons (Fsp3) is 0.391. The largest absolute Gasteiger partial charge is 0.373 e. The highest BCUT2D eigenvalue weighted by Crippen LogP contribution is 2.32. The number of nitrogens with one attached hydrogen (secondary N) is 3. The van der Waals surface area contributed by atoms with Crippen molar-refractivity contribution in [3.05, 3.63) is 48.5 Å². The van der Waals surface area contributed by atoms with E-state index in [0.29, 0.717) is 6.54 Å². The summed E-state index contributed by atoms with van der Waals surface area (Å²) in [5, 5.41) is 16.6. The Hall–Kier alpha value is -3.06. The van der Waals surface area contributed by atoms with E-state index in [1.165, 1.54) is 0 Å². The second-order valence-electron chi connectivity index (χ2n) is 7.95. The minimum atomic E-state index is -0.594. The van der Waals surface area contributed by atoms with Gasteiger partial charge in [-0.25, -0.2) is 9.78 Å². The predicted octanol–water partition coefficient (Wildman–Crippen LogP) is 3.47. The van der Waals surface area contributed by atoms with Gasteiger partial charge in [-0.2, -0.15) is 0 Å². The van der Waals surface area contributed by atoms with Crippen LogP contribution in [0.1, 0.15) is 26.2 Å². The molecule has 2 aromatic carbocycles. The van der Waals surface area contributed by atoms with Crippen molar-refractivity contribution in [1.29, 1.82) is 0 Å². The van der Waals surface area contributed by atoms with E-state index in [1.807, 2.05) is 67.4 Å². The smallest absolute Gasteiger partial charge is 0.314 e. The third-order valence-electron chi connectivity index (χ3n) is 5.90. The van der Waals surface area contributed by atoms with Crippen LogP contribution in [0.25, 0.3) is 22.4 Å². The molecule has 30 heavy (non-hydrogen) atoms. The van der Waals surface area contributed by atoms with Gasteiger partial charge in [0, 0.05) is 36.8 Å². The van der Waals surface area contributed by atoms with Gasteiger partial charge in [0.15, 0.2) is 0 Å². The summed E-state index contributed by atoms with van der Waals surface area (Å²) in [4.78, 5) is 21.6. The van der Waals surface area contributed by atoms with Gasteiger partial charge < -0.3 is 25.6 Å². The maximum Gasteiger partial charge on any atom is 0.314 e. The number of urea groups is 1. The van der Waals surface area contributed by atoms with Crippen molar-refractivity contribution in [3.8, 4) is 11.4 Å². The lowest BCUT2D eigenvalue weighted by Crippen LogP contribution is -2.42. The Morgan fingerprint density at radius 3 is 2.73 bits per heavy atom. The lowest BCUT2D eigenvalue weighted by molar-refractivity contribution is 0.110. The summed E-state index contributed by atoms with van der Waals surface area (Å²) in [7, 11) is 1.91. The Labute approximate surface area is 176 Å². The maximum atomic E-state index is 11.7. The molecule has 1 saturated carbocycles. The summed E-state index contributed by atoms with van der Waals surface area (Å²) in [5.74, 6) is 0.956. The van der Waals surface area contributed by atoms with Crippen LogP contribution in [0, 0.1) is 5.92 Å². The summed E-state index contributed by atoms with van der Waals surface area (Å²) in [5.41, 5.74) is 3.91. The van der Waals surface area contributed by atoms with Crippen LogP contribution in [-0.2, 0) is 0 Å². The fourth-order valence-electron chi connectivity index (χ4n) is 4.23. The zero-order valence-electron chi connectivity index (χ0n) is 17.4. The van der Waals surface area contributed by atoms with E-state index in [0.717, 1.165) is 47.4 Å². The van der Waals surface area contributed by atoms with Crippen molar-refractivity contribution in [2.45, 2.75) is 38.5 Å². The molecule has 3 aromatic rings. The second-order valence-corrected chi connectivity index (χ2v) is 7.95. The lowest BCUT2D eigenvalue weighted by atomic mass is 10.0. The fourth-order valence-corrected chi connectivity index (χ4v) is 4.23. The molecule has 3 unspecified atom stereocenters. The third-order valence-corrected chi connectivity index (χ3v) is 5.90. The van der Waals surface area contributed by atoms with Gasteiger partial charge >= 0.3 is 6.03 Å². The van der Waals surface area contributed by atoms with Crippen molar-refractivity contribution < 1.29 is 9.90 Å². The quantitative estimate of drug-likeness (QED) is 0.471. The Bertz CT molecular complexity index is 967. The van der Waals surface area contributed by atoms with Gasteiger partial charge in [-0.15, -0.1) is 0 Å². The van der Waals surface area contributed by atoms with Crippen molar-refractivity contribution in [3.63, 3.8) is 0 Å². The molecule has 4 rings (SSSR count). The average Bonchev–Trinajstić information content (AvgIpc) is 3.40. The molecule has 7 nitrogen and oxygen atoms in total. The molecule has 0 radical (unpaired) electrons. The first-order chi connectivity index (χ1) is 14.5. The van der Waals surface area contributed by atoms with E-state index in [9.17, 15) is 9.90 Å². The standard InChI is InChI=1S/C23H29N5O2/c1-3-24-23(30)25-17-11-8-16(14-17)22(29)28(2)18-12-9-15(10-13-18)21-26-19-6-4-5-7-20(19)27-21/h4-7,9-10,12-13,16-17,22,29H,3,8,11,14H2,1-2H3,(H,26,27)(H2,24,25,30). The molecule has 1 aromatic heterocycles. The van der Waals surface area contributed by atoms with E-state index in [4.69, 9.17) is 0 Å². The molecule has 0 saturated heterocycles. The first-order valence-electron chi connectivity index (χ1n) is 10.6. The number of anilines is 1. The van der Waals surface area contributed by atoms with Crippen LogP contribution in [0.3, 0.4) is 0 Å². The summed E-state index contributed by atoms with van der Waals surface area (Å²) < 4.78 is 0. The Balaban J connectivity index is 1.39. The molecule has 4 N–H and O–H groups in total. The molecule has 0 aliphatic heterocycles. The van der Waals surface area contributed by atoms with Gasteiger partial charge in [-0.1, -0.05) is 12.1 Å². The first-order valence-corrected chi connectivity index (χ1v) is 10.6. The van der Waals surface area contributed by atoms with Gasteiger partial charge in [0.25, 0.3) is 0 Å². The van der Waals surface area contributed by atoms with E-state index < -0.39 is 6.23 Å². The first kappa shape index (κ1) is 20.2. The van der Waals surface area contributed by atoms with E-state index in [-0.39, 0.29) is 18.0 Å². The maximum absolute atomic E-state index is 11.7. The number of aliphatic hydroxyl groups excluding tert-OH is 1. The number of hydrogen-bond acceptors (Lipinski definition) is 4. The van der Waals surface area contributed by atoms with Gasteiger partial charge in [0.2, 0.25) is 0 Å². The number of benzene rings is 2. The number of fused-ring (bicyclic) bond motifs is 1. The van der Waals surface area contributed by atoms with E-state index in [1.54, 1.807) is 0 Å². The van der Waals surface area contributed by atoms with Crippen molar-refractivity contribution >= 4 is 22.8 Å². The zero-order valence-corrected chi connectivity index (χ0v) is 17.4. The number of rotatable bonds is 6. The molecule has 1 aliphatic rings. The Morgan fingerprint density at radius 2 is 2.00 bits per heavy atom. The molecule has 1 fully saturated rings. The van der Waals surface area contributed by atoms with Crippen LogP contribution in [-0.4, -0.2) is 47.0 Å². The number of carbonyl (C=O) groups is 1. The summed E-state index contributed by atoms with van der Waals surface area (Å²) >= 11 is 0. The topological polar surface area (TPSA) is 93.3 Å². The molecular formula is C23H29N5O2. The van der Waals surface area contributed by atoms with Crippen LogP contribution in [0.15, 0.2) is 48.5 Å². The number of hydrogen-bond donors (Lipinski definition) is 4.